The van der Waals surface area contributed by atoms with Crippen LogP contribution >= 0.6 is 0 Å². The van der Waals surface area contributed by atoms with Crippen LogP contribution in [0.1, 0.15) is 122 Å². The maximum atomic E-state index is 13.9. The SMILES string of the molecule is CC[C@H](C)[C@H](NC(=O)[C@@H]1CCCN1C(=O)[C@@H](CC(C)C)OC(=O)CCNC(=O)OC(C)(C)C)C(=O)N[C@H](C(=O)N(C)[C@@H](C)C(=O)NNC(=O)OC(C)(C)C)C(C)C. The van der Waals surface area contributed by atoms with E-state index in [0.717, 1.165) is 4.90 Å². The van der Waals surface area contributed by atoms with Gasteiger partial charge in [-0.15, -0.1) is 0 Å². The van der Waals surface area contributed by atoms with Crippen LogP contribution in [0.15, 0.2) is 0 Å². The summed E-state index contributed by atoms with van der Waals surface area (Å²) in [6.07, 6.45) is -1.44. The van der Waals surface area contributed by atoms with Crippen molar-refractivity contribution in [1.29, 1.82) is 0 Å². The molecule has 0 radical (unpaired) electrons. The summed E-state index contributed by atoms with van der Waals surface area (Å²) in [7, 11) is 1.39. The minimum atomic E-state index is -1.17. The second kappa shape index (κ2) is 22.3. The number of alkyl carbamates (subject to hydrolysis) is 1. The summed E-state index contributed by atoms with van der Waals surface area (Å²) in [5.74, 6) is -4.55. The Labute approximate surface area is 337 Å². The van der Waals surface area contributed by atoms with E-state index in [0.29, 0.717) is 19.3 Å². The van der Waals surface area contributed by atoms with Gasteiger partial charge in [0.05, 0.1) is 6.42 Å². The second-order valence-electron chi connectivity index (χ2n) is 17.3. The normalized spacial score (nSPS) is 17.0. The summed E-state index contributed by atoms with van der Waals surface area (Å²) < 4.78 is 15.9. The molecule has 6 atom stereocenters. The van der Waals surface area contributed by atoms with Gasteiger partial charge in [-0.1, -0.05) is 48.0 Å². The van der Waals surface area contributed by atoms with E-state index in [2.05, 4.69) is 26.8 Å². The molecule has 18 heteroatoms. The standard InChI is InChI=1S/C39H69N7O11/c1-15-24(6)30(33(50)41-29(23(4)5)35(52)45(14)25(7)31(48)43-44-37(54)57-39(11,12)13)42-32(49)26-17-16-20-46(26)34(51)27(21-22(2)3)55-28(47)18-19-40-36(53)56-38(8,9)10/h22-27,29-30H,15-21H2,1-14H3,(H,40,53)(H,41,50)(H,42,49)(H,43,48)(H,44,54)/t24-,25-,26-,27+,29-,30-/m0/s1. The van der Waals surface area contributed by atoms with E-state index in [1.54, 1.807) is 62.3 Å². The molecule has 1 fully saturated rings. The van der Waals surface area contributed by atoms with Gasteiger partial charge in [0.15, 0.2) is 6.10 Å². The third kappa shape index (κ3) is 17.6. The van der Waals surface area contributed by atoms with Crippen molar-refractivity contribution in [3.63, 3.8) is 0 Å². The molecule has 0 aromatic heterocycles. The molecule has 0 aromatic carbocycles. The molecule has 5 N–H and O–H groups in total. The van der Waals surface area contributed by atoms with Crippen molar-refractivity contribution in [3.05, 3.63) is 0 Å². The summed E-state index contributed by atoms with van der Waals surface area (Å²) in [6.45, 7) is 22.6. The van der Waals surface area contributed by atoms with Gasteiger partial charge in [0.1, 0.15) is 35.4 Å². The Morgan fingerprint density at radius 1 is 0.789 bits per heavy atom. The Bertz CT molecular complexity index is 1420. The van der Waals surface area contributed by atoms with E-state index < -0.39 is 95.1 Å². The van der Waals surface area contributed by atoms with Gasteiger partial charge in [-0.2, -0.15) is 0 Å². The van der Waals surface area contributed by atoms with Crippen LogP contribution in [0, 0.1) is 17.8 Å². The highest BCUT2D eigenvalue weighted by Crippen LogP contribution is 2.23. The van der Waals surface area contributed by atoms with E-state index in [4.69, 9.17) is 14.2 Å². The van der Waals surface area contributed by atoms with Crippen molar-refractivity contribution >= 4 is 47.7 Å². The molecule has 0 saturated carbocycles. The Hall–Kier alpha value is -4.64. The molecule has 7 amide bonds. The minimum absolute atomic E-state index is 0.0399. The smallest absolute Gasteiger partial charge is 0.426 e. The van der Waals surface area contributed by atoms with E-state index in [1.165, 1.54) is 18.9 Å². The molecule has 1 aliphatic rings. The van der Waals surface area contributed by atoms with Crippen LogP contribution in [0.5, 0.6) is 0 Å². The highest BCUT2D eigenvalue weighted by molar-refractivity contribution is 5.96. The third-order valence-corrected chi connectivity index (χ3v) is 9.09. The van der Waals surface area contributed by atoms with Crippen molar-refractivity contribution < 1.29 is 52.6 Å². The quantitative estimate of drug-likeness (QED) is 0.0815. The number of nitrogens with zero attached hydrogens (tertiary/aromatic N) is 2. The zero-order chi connectivity index (χ0) is 44.0. The van der Waals surface area contributed by atoms with Crippen molar-refractivity contribution in [2.45, 2.75) is 164 Å². The van der Waals surface area contributed by atoms with Gasteiger partial charge in [-0.3, -0.25) is 34.2 Å². The number of carbonyl (C=O) groups is 8. The number of likely N-dealkylation sites (N-methyl/N-ethyl adjacent to an activating group) is 1. The number of nitrogens with one attached hydrogen (secondary N) is 5. The fraction of sp³-hybridized carbons (Fsp3) is 0.795. The average molecular weight is 812 g/mol. The summed E-state index contributed by atoms with van der Waals surface area (Å²) >= 11 is 0. The van der Waals surface area contributed by atoms with Gasteiger partial charge in [0.2, 0.25) is 17.7 Å². The first-order valence-corrected chi connectivity index (χ1v) is 19.8. The van der Waals surface area contributed by atoms with Gasteiger partial charge in [0, 0.05) is 20.1 Å². The van der Waals surface area contributed by atoms with Gasteiger partial charge in [0.25, 0.3) is 11.8 Å². The molecule has 1 aliphatic heterocycles. The number of hydrazine groups is 1. The lowest BCUT2D eigenvalue weighted by atomic mass is 9.95. The van der Waals surface area contributed by atoms with E-state index in [1.807, 2.05) is 20.8 Å². The highest BCUT2D eigenvalue weighted by Gasteiger charge is 2.41. The van der Waals surface area contributed by atoms with Crippen molar-refractivity contribution in [3.8, 4) is 0 Å². The molecular weight excluding hydrogens is 742 g/mol. The molecule has 18 nitrogen and oxygen atoms in total. The Morgan fingerprint density at radius 2 is 1.37 bits per heavy atom. The van der Waals surface area contributed by atoms with Crippen LogP contribution in [0.4, 0.5) is 9.59 Å². The maximum Gasteiger partial charge on any atom is 0.426 e. The van der Waals surface area contributed by atoms with Crippen LogP contribution in [0.25, 0.3) is 0 Å². The molecule has 1 saturated heterocycles. The topological polar surface area (TPSA) is 231 Å². The number of rotatable bonds is 17. The second-order valence-corrected chi connectivity index (χ2v) is 17.3. The largest absolute Gasteiger partial charge is 0.452 e. The van der Waals surface area contributed by atoms with Gasteiger partial charge in [-0.25, -0.2) is 15.0 Å². The maximum absolute atomic E-state index is 13.9. The lowest BCUT2D eigenvalue weighted by molar-refractivity contribution is -0.162. The van der Waals surface area contributed by atoms with Gasteiger partial charge in [-0.05, 0) is 85.5 Å². The number of hydrogen-bond acceptors (Lipinski definition) is 11. The predicted octanol–water partition coefficient (Wildman–Crippen LogP) is 2.92. The van der Waals surface area contributed by atoms with Gasteiger partial charge < -0.3 is 40.0 Å². The first-order chi connectivity index (χ1) is 26.2. The monoisotopic (exact) mass is 812 g/mol. The van der Waals surface area contributed by atoms with Crippen LogP contribution in [0.2, 0.25) is 0 Å². The number of ether oxygens (including phenoxy) is 3. The lowest BCUT2D eigenvalue weighted by Crippen LogP contribution is -2.61. The van der Waals surface area contributed by atoms with Crippen LogP contribution < -0.4 is 26.8 Å². The Morgan fingerprint density at radius 3 is 1.89 bits per heavy atom. The molecule has 326 valence electrons. The summed E-state index contributed by atoms with van der Waals surface area (Å²) in [6, 6.07) is -4.18. The van der Waals surface area contributed by atoms with Crippen molar-refractivity contribution in [1.82, 2.24) is 36.6 Å². The lowest BCUT2D eigenvalue weighted by Gasteiger charge is -2.33. The first kappa shape index (κ1) is 50.4. The number of likely N-dealkylation sites (tertiary alicyclic amines) is 1. The number of amides is 7. The highest BCUT2D eigenvalue weighted by atomic mass is 16.6. The van der Waals surface area contributed by atoms with Crippen LogP contribution in [-0.4, -0.2) is 119 Å². The molecule has 0 unspecified atom stereocenters. The van der Waals surface area contributed by atoms with E-state index >= 15 is 0 Å². The summed E-state index contributed by atoms with van der Waals surface area (Å²) in [5.41, 5.74) is 2.87. The first-order valence-electron chi connectivity index (χ1n) is 19.8. The number of esters is 1. The molecule has 0 bridgehead atoms. The van der Waals surface area contributed by atoms with Crippen LogP contribution in [-0.2, 0) is 43.0 Å². The fourth-order valence-corrected chi connectivity index (χ4v) is 5.73. The van der Waals surface area contributed by atoms with Gasteiger partial charge >= 0.3 is 18.2 Å². The molecular formula is C39H69N7O11. The summed E-state index contributed by atoms with van der Waals surface area (Å²) in [4.78, 5) is 107. The predicted molar refractivity (Wildman–Crippen MR) is 211 cm³/mol. The fourth-order valence-electron chi connectivity index (χ4n) is 5.73. The summed E-state index contributed by atoms with van der Waals surface area (Å²) in [5, 5.41) is 8.08. The molecule has 1 rings (SSSR count). The average Bonchev–Trinajstić information content (AvgIpc) is 3.58. The van der Waals surface area contributed by atoms with E-state index in [9.17, 15) is 38.4 Å². The molecule has 57 heavy (non-hydrogen) atoms. The van der Waals surface area contributed by atoms with E-state index in [-0.39, 0.29) is 37.8 Å². The van der Waals surface area contributed by atoms with Crippen molar-refractivity contribution in [2.75, 3.05) is 20.1 Å². The Balaban J connectivity index is 3.07. The third-order valence-electron chi connectivity index (χ3n) is 9.09. The van der Waals surface area contributed by atoms with Crippen LogP contribution in [0.3, 0.4) is 0 Å². The zero-order valence-electron chi connectivity index (χ0n) is 36.5. The zero-order valence-corrected chi connectivity index (χ0v) is 36.5. The molecule has 0 aliphatic carbocycles. The number of carbonyl (C=O) groups excluding carboxylic acids is 8. The Kier molecular flexibility index (Phi) is 19.7. The van der Waals surface area contributed by atoms with Crippen molar-refractivity contribution in [2.24, 2.45) is 17.8 Å². The minimum Gasteiger partial charge on any atom is -0.452 e. The number of hydrogen-bond donors (Lipinski definition) is 5. The molecule has 1 heterocycles. The molecule has 0 spiro atoms. The molecule has 0 aromatic rings.